The number of likely N-dealkylation sites (tertiary alicyclic amines) is 1. The fraction of sp³-hybridized carbons (Fsp3) is 0.680. The predicted molar refractivity (Wildman–Crippen MR) is 125 cm³/mol. The third kappa shape index (κ3) is 4.91. The van der Waals surface area contributed by atoms with E-state index in [0.29, 0.717) is 50.4 Å². The van der Waals surface area contributed by atoms with Crippen molar-refractivity contribution in [1.29, 1.82) is 0 Å². The van der Waals surface area contributed by atoms with Gasteiger partial charge in [0.15, 0.2) is 9.84 Å². The molecule has 1 aliphatic heterocycles. The maximum atomic E-state index is 13.0. The summed E-state index contributed by atoms with van der Waals surface area (Å²) in [7, 11) is -3.22. The summed E-state index contributed by atoms with van der Waals surface area (Å²) < 4.78 is 23.1. The number of carbonyl (C=O) groups is 2. The molecule has 0 spiro atoms. The molecular weight excluding hydrogens is 438 g/mol. The number of hydrogen-bond donors (Lipinski definition) is 2. The molecule has 7 nitrogen and oxygen atoms in total. The van der Waals surface area contributed by atoms with E-state index in [0.717, 1.165) is 17.4 Å². The average Bonchev–Trinajstić information content (AvgIpc) is 2.79. The normalized spacial score (nSPS) is 31.4. The van der Waals surface area contributed by atoms with E-state index >= 15 is 0 Å². The van der Waals surface area contributed by atoms with E-state index in [4.69, 9.17) is 0 Å². The lowest BCUT2D eigenvalue weighted by Crippen LogP contribution is -2.57. The van der Waals surface area contributed by atoms with Crippen LogP contribution in [-0.2, 0) is 21.2 Å². The Morgan fingerprint density at radius 2 is 1.52 bits per heavy atom. The van der Waals surface area contributed by atoms with Gasteiger partial charge in [-0.05, 0) is 86.3 Å². The van der Waals surface area contributed by atoms with Gasteiger partial charge in [-0.2, -0.15) is 0 Å². The molecule has 4 aliphatic carbocycles. The highest BCUT2D eigenvalue weighted by atomic mass is 32.2. The number of piperidine rings is 1. The van der Waals surface area contributed by atoms with Crippen LogP contribution in [0.25, 0.3) is 0 Å². The van der Waals surface area contributed by atoms with Gasteiger partial charge < -0.3 is 15.5 Å². The Kier molecular flexibility index (Phi) is 6.14. The monoisotopic (exact) mass is 473 g/mol. The van der Waals surface area contributed by atoms with Crippen LogP contribution in [0.1, 0.15) is 50.5 Å². The van der Waals surface area contributed by atoms with E-state index in [2.05, 4.69) is 10.6 Å². The van der Waals surface area contributed by atoms with Gasteiger partial charge in [0.1, 0.15) is 0 Å². The number of carbonyl (C=O) groups excluding carboxylic acids is 2. The first kappa shape index (κ1) is 22.7. The van der Waals surface area contributed by atoms with Crippen LogP contribution >= 0.6 is 0 Å². The molecule has 180 valence electrons. The molecule has 5 fully saturated rings. The molecule has 0 radical (unpaired) electrons. The highest BCUT2D eigenvalue weighted by Crippen LogP contribution is 2.53. The Bertz CT molecular complexity index is 971. The standard InChI is InChI=1S/C25H35N3O4S/c1-33(31,32)22-4-2-16(3-5-22)15-26-25(30)28-8-6-19(7-9-28)24(29)27-23-20-11-17-10-18(13-20)14-21(23)12-17/h2-5,17-21,23H,6-15H2,1H3,(H,26,30)(H,27,29). The maximum Gasteiger partial charge on any atom is 0.317 e. The molecule has 1 saturated heterocycles. The number of nitrogens with zero attached hydrogens (tertiary/aromatic N) is 1. The molecule has 2 N–H and O–H groups in total. The first-order chi connectivity index (χ1) is 15.8. The molecule has 1 heterocycles. The second kappa shape index (κ2) is 8.93. The molecule has 5 aliphatic rings. The van der Waals surface area contributed by atoms with Gasteiger partial charge in [-0.1, -0.05) is 12.1 Å². The molecule has 0 atom stereocenters. The number of hydrogen-bond acceptors (Lipinski definition) is 4. The summed E-state index contributed by atoms with van der Waals surface area (Å²) in [6, 6.07) is 6.80. The molecular formula is C25H35N3O4S. The van der Waals surface area contributed by atoms with Crippen LogP contribution in [0.2, 0.25) is 0 Å². The lowest BCUT2D eigenvalue weighted by atomic mass is 9.54. The summed E-state index contributed by atoms with van der Waals surface area (Å²) in [6.07, 6.45) is 9.20. The molecule has 33 heavy (non-hydrogen) atoms. The number of rotatable bonds is 5. The quantitative estimate of drug-likeness (QED) is 0.687. The van der Waals surface area contributed by atoms with Crippen molar-refractivity contribution in [2.45, 2.75) is 62.4 Å². The Hall–Kier alpha value is -2.09. The van der Waals surface area contributed by atoms with Gasteiger partial charge in [-0.25, -0.2) is 13.2 Å². The van der Waals surface area contributed by atoms with Crippen LogP contribution in [-0.4, -0.2) is 50.6 Å². The van der Waals surface area contributed by atoms with Gasteiger partial charge in [0, 0.05) is 37.8 Å². The summed E-state index contributed by atoms with van der Waals surface area (Å²) in [4.78, 5) is 27.6. The summed E-state index contributed by atoms with van der Waals surface area (Å²) in [5.41, 5.74) is 0.848. The van der Waals surface area contributed by atoms with Crippen molar-refractivity contribution < 1.29 is 18.0 Å². The van der Waals surface area contributed by atoms with Gasteiger partial charge >= 0.3 is 6.03 Å². The van der Waals surface area contributed by atoms with Crippen molar-refractivity contribution >= 4 is 21.8 Å². The molecule has 1 aromatic rings. The van der Waals surface area contributed by atoms with E-state index in [-0.39, 0.29) is 22.8 Å². The van der Waals surface area contributed by atoms with Crippen molar-refractivity contribution in [1.82, 2.24) is 15.5 Å². The molecule has 8 heteroatoms. The van der Waals surface area contributed by atoms with Crippen molar-refractivity contribution in [2.24, 2.45) is 29.6 Å². The molecule has 6 rings (SSSR count). The lowest BCUT2D eigenvalue weighted by molar-refractivity contribution is -0.130. The third-order valence-electron chi connectivity index (χ3n) is 8.48. The van der Waals surface area contributed by atoms with Gasteiger partial charge in [-0.15, -0.1) is 0 Å². The minimum atomic E-state index is -3.22. The fourth-order valence-electron chi connectivity index (χ4n) is 6.93. The van der Waals surface area contributed by atoms with Crippen molar-refractivity contribution in [3.8, 4) is 0 Å². The van der Waals surface area contributed by atoms with Crippen LogP contribution in [0.15, 0.2) is 29.2 Å². The molecule has 3 amide bonds. The molecule has 4 bridgehead atoms. The smallest absolute Gasteiger partial charge is 0.317 e. The minimum Gasteiger partial charge on any atom is -0.353 e. The average molecular weight is 474 g/mol. The number of amides is 3. The zero-order valence-corrected chi connectivity index (χ0v) is 20.1. The molecule has 0 aromatic heterocycles. The van der Waals surface area contributed by atoms with E-state index in [1.54, 1.807) is 29.2 Å². The minimum absolute atomic E-state index is 0.00484. The number of sulfone groups is 1. The number of benzene rings is 1. The Balaban J connectivity index is 1.07. The summed E-state index contributed by atoms with van der Waals surface area (Å²) in [6.45, 7) is 1.51. The second-order valence-electron chi connectivity index (χ2n) is 10.8. The summed E-state index contributed by atoms with van der Waals surface area (Å²) in [5.74, 6) is 3.36. The molecule has 1 aromatic carbocycles. The largest absolute Gasteiger partial charge is 0.353 e. The van der Waals surface area contributed by atoms with Crippen LogP contribution in [0, 0.1) is 29.6 Å². The highest BCUT2D eigenvalue weighted by molar-refractivity contribution is 7.90. The first-order valence-electron chi connectivity index (χ1n) is 12.4. The molecule has 4 saturated carbocycles. The van der Waals surface area contributed by atoms with Crippen LogP contribution in [0.4, 0.5) is 4.79 Å². The van der Waals surface area contributed by atoms with Crippen molar-refractivity contribution in [3.63, 3.8) is 0 Å². The van der Waals surface area contributed by atoms with E-state index in [1.807, 2.05) is 0 Å². The van der Waals surface area contributed by atoms with E-state index in [1.165, 1.54) is 38.4 Å². The van der Waals surface area contributed by atoms with Crippen LogP contribution in [0.3, 0.4) is 0 Å². The second-order valence-corrected chi connectivity index (χ2v) is 12.8. The van der Waals surface area contributed by atoms with Gasteiger partial charge in [0.25, 0.3) is 0 Å². The van der Waals surface area contributed by atoms with Gasteiger partial charge in [-0.3, -0.25) is 4.79 Å². The zero-order chi connectivity index (χ0) is 23.2. The van der Waals surface area contributed by atoms with E-state index < -0.39 is 9.84 Å². The van der Waals surface area contributed by atoms with Crippen LogP contribution in [0.5, 0.6) is 0 Å². The van der Waals surface area contributed by atoms with Crippen molar-refractivity contribution in [3.05, 3.63) is 29.8 Å². The van der Waals surface area contributed by atoms with Gasteiger partial charge in [0.05, 0.1) is 4.90 Å². The zero-order valence-electron chi connectivity index (χ0n) is 19.3. The number of urea groups is 1. The maximum absolute atomic E-state index is 13.0. The summed E-state index contributed by atoms with van der Waals surface area (Å²) >= 11 is 0. The lowest BCUT2D eigenvalue weighted by Gasteiger charge is -2.54. The Morgan fingerprint density at radius 1 is 0.939 bits per heavy atom. The highest BCUT2D eigenvalue weighted by Gasteiger charge is 2.49. The SMILES string of the molecule is CS(=O)(=O)c1ccc(CNC(=O)N2CCC(C(=O)NC3C4CC5CC(C4)CC3C5)CC2)cc1. The Labute approximate surface area is 196 Å². The van der Waals surface area contributed by atoms with Crippen molar-refractivity contribution in [2.75, 3.05) is 19.3 Å². The predicted octanol–water partition coefficient (Wildman–Crippen LogP) is 2.95. The molecule has 0 unspecified atom stereocenters. The Morgan fingerprint density at radius 3 is 2.06 bits per heavy atom. The first-order valence-corrected chi connectivity index (χ1v) is 14.3. The van der Waals surface area contributed by atoms with E-state index in [9.17, 15) is 18.0 Å². The summed E-state index contributed by atoms with van der Waals surface area (Å²) in [5, 5.41) is 6.35. The van der Waals surface area contributed by atoms with Crippen LogP contribution < -0.4 is 10.6 Å². The fourth-order valence-corrected chi connectivity index (χ4v) is 7.56. The van der Waals surface area contributed by atoms with Gasteiger partial charge in [0.2, 0.25) is 5.91 Å². The third-order valence-corrected chi connectivity index (χ3v) is 9.61. The number of nitrogens with one attached hydrogen (secondary N) is 2. The topological polar surface area (TPSA) is 95.6 Å².